The number of anilines is 1. The largest absolute Gasteiger partial charge is 0.507 e. The van der Waals surface area contributed by atoms with Gasteiger partial charge in [-0.05, 0) is 50.1 Å². The van der Waals surface area contributed by atoms with Crippen molar-refractivity contribution in [2.45, 2.75) is 32.2 Å². The van der Waals surface area contributed by atoms with Crippen molar-refractivity contribution < 1.29 is 29.0 Å². The van der Waals surface area contributed by atoms with Gasteiger partial charge in [-0.1, -0.05) is 25.1 Å². The zero-order valence-electron chi connectivity index (χ0n) is 20.2. The molecule has 0 saturated carbocycles. The van der Waals surface area contributed by atoms with Crippen molar-refractivity contribution in [1.82, 2.24) is 4.90 Å². The monoisotopic (exact) mass is 478 g/mol. The number of benzene rings is 2. The van der Waals surface area contributed by atoms with Gasteiger partial charge in [-0.2, -0.15) is 0 Å². The molecule has 0 aliphatic carbocycles. The maximum absolute atomic E-state index is 14.2. The SMILES string of the molecule is CCCN1C(=O)C2(/C(=C(/O)c3ccc(OCC)cc3)C(=O)C(=O)N2CCCOC)c2ccccc21. The van der Waals surface area contributed by atoms with E-state index in [9.17, 15) is 19.5 Å². The van der Waals surface area contributed by atoms with Gasteiger partial charge in [0.1, 0.15) is 11.5 Å². The molecule has 1 fully saturated rings. The number of ketones is 1. The molecule has 1 saturated heterocycles. The summed E-state index contributed by atoms with van der Waals surface area (Å²) in [4.78, 5) is 43.9. The van der Waals surface area contributed by atoms with Gasteiger partial charge in [0.15, 0.2) is 5.54 Å². The number of ether oxygens (including phenoxy) is 2. The molecule has 0 bridgehead atoms. The molecule has 184 valence electrons. The van der Waals surface area contributed by atoms with Crippen molar-refractivity contribution in [2.24, 2.45) is 0 Å². The standard InChI is InChI=1S/C27H30N2O6/c1-4-15-28-21-10-7-6-9-20(21)27(26(28)33)22(24(31)25(32)29(27)16-8-17-34-3)23(30)18-11-13-19(14-12-18)35-5-2/h6-7,9-14,30H,4-5,8,15-17H2,1-3H3/b23-22+. The molecule has 4 rings (SSSR count). The second kappa shape index (κ2) is 9.92. The molecule has 8 nitrogen and oxygen atoms in total. The second-order valence-corrected chi connectivity index (χ2v) is 8.50. The Hall–Kier alpha value is -3.65. The highest BCUT2D eigenvalue weighted by molar-refractivity contribution is 6.50. The minimum absolute atomic E-state index is 0.124. The first kappa shape index (κ1) is 24.5. The molecule has 2 aliphatic rings. The molecule has 2 aromatic carbocycles. The lowest BCUT2D eigenvalue weighted by molar-refractivity contribution is -0.143. The smallest absolute Gasteiger partial charge is 0.296 e. The Balaban J connectivity index is 1.97. The van der Waals surface area contributed by atoms with Crippen LogP contribution >= 0.6 is 0 Å². The summed E-state index contributed by atoms with van der Waals surface area (Å²) in [7, 11) is 1.55. The Morgan fingerprint density at radius 1 is 1.00 bits per heavy atom. The van der Waals surface area contributed by atoms with Crippen LogP contribution in [-0.4, -0.2) is 61.0 Å². The number of carbonyl (C=O) groups excluding carboxylic acids is 3. The van der Waals surface area contributed by atoms with E-state index < -0.39 is 23.1 Å². The third-order valence-electron chi connectivity index (χ3n) is 6.43. The van der Waals surface area contributed by atoms with E-state index in [-0.39, 0.29) is 17.9 Å². The van der Waals surface area contributed by atoms with Crippen molar-refractivity contribution in [3.8, 4) is 5.75 Å². The van der Waals surface area contributed by atoms with Crippen LogP contribution in [0.2, 0.25) is 0 Å². The van der Waals surface area contributed by atoms with Gasteiger partial charge in [-0.25, -0.2) is 0 Å². The average Bonchev–Trinajstić information content (AvgIpc) is 3.24. The zero-order chi connectivity index (χ0) is 25.2. The van der Waals surface area contributed by atoms with Crippen molar-refractivity contribution in [2.75, 3.05) is 38.3 Å². The Labute approximate surface area is 204 Å². The number of aliphatic hydroxyl groups is 1. The van der Waals surface area contributed by atoms with Gasteiger partial charge in [-0.3, -0.25) is 14.4 Å². The highest BCUT2D eigenvalue weighted by Gasteiger charge is 2.66. The quantitative estimate of drug-likeness (QED) is 0.257. The molecule has 2 aliphatic heterocycles. The van der Waals surface area contributed by atoms with E-state index in [1.165, 1.54) is 4.90 Å². The predicted octanol–water partition coefficient (Wildman–Crippen LogP) is 3.45. The van der Waals surface area contributed by atoms with E-state index in [0.717, 1.165) is 0 Å². The molecular weight excluding hydrogens is 448 g/mol. The van der Waals surface area contributed by atoms with Crippen LogP contribution in [0.1, 0.15) is 37.8 Å². The minimum atomic E-state index is -1.74. The molecule has 2 amide bonds. The number of para-hydroxylation sites is 1. The van der Waals surface area contributed by atoms with Gasteiger partial charge in [0.25, 0.3) is 17.6 Å². The Morgan fingerprint density at radius 2 is 1.71 bits per heavy atom. The van der Waals surface area contributed by atoms with Crippen molar-refractivity contribution in [3.63, 3.8) is 0 Å². The molecule has 1 spiro atoms. The second-order valence-electron chi connectivity index (χ2n) is 8.50. The van der Waals surface area contributed by atoms with Crippen LogP contribution in [0.4, 0.5) is 5.69 Å². The fourth-order valence-electron chi connectivity index (χ4n) is 5.00. The van der Waals surface area contributed by atoms with Crippen LogP contribution < -0.4 is 9.64 Å². The summed E-state index contributed by atoms with van der Waals surface area (Å²) in [5.74, 6) is -1.88. The van der Waals surface area contributed by atoms with Gasteiger partial charge in [-0.15, -0.1) is 0 Å². The number of aliphatic hydroxyl groups excluding tert-OH is 1. The maximum Gasteiger partial charge on any atom is 0.296 e. The number of amides is 2. The minimum Gasteiger partial charge on any atom is -0.507 e. The number of rotatable bonds is 9. The number of likely N-dealkylation sites (tertiary alicyclic amines) is 1. The third kappa shape index (κ3) is 3.78. The number of fused-ring (bicyclic) bond motifs is 2. The maximum atomic E-state index is 14.2. The van der Waals surface area contributed by atoms with E-state index in [0.29, 0.717) is 55.2 Å². The Bertz CT molecular complexity index is 1170. The molecule has 0 aromatic heterocycles. The summed E-state index contributed by atoms with van der Waals surface area (Å²) in [6, 6.07) is 13.7. The highest BCUT2D eigenvalue weighted by atomic mass is 16.5. The van der Waals surface area contributed by atoms with E-state index in [1.54, 1.807) is 48.4 Å². The summed E-state index contributed by atoms with van der Waals surface area (Å²) in [6.45, 7) is 5.20. The highest BCUT2D eigenvalue weighted by Crippen LogP contribution is 2.53. The number of nitrogens with zero attached hydrogens (tertiary/aromatic N) is 2. The Kier molecular flexibility index (Phi) is 6.93. The Morgan fingerprint density at radius 3 is 2.37 bits per heavy atom. The predicted molar refractivity (Wildman–Crippen MR) is 131 cm³/mol. The number of methoxy groups -OCH3 is 1. The molecular formula is C27H30N2O6. The fourth-order valence-corrected chi connectivity index (χ4v) is 5.00. The van der Waals surface area contributed by atoms with E-state index >= 15 is 0 Å². The summed E-state index contributed by atoms with van der Waals surface area (Å²) in [5, 5.41) is 11.4. The molecule has 1 atom stereocenters. The normalized spacial score (nSPS) is 20.7. The van der Waals surface area contributed by atoms with E-state index in [1.807, 2.05) is 26.0 Å². The van der Waals surface area contributed by atoms with Gasteiger partial charge in [0.2, 0.25) is 0 Å². The van der Waals surface area contributed by atoms with Gasteiger partial charge < -0.3 is 24.4 Å². The molecule has 1 unspecified atom stereocenters. The van der Waals surface area contributed by atoms with E-state index in [4.69, 9.17) is 9.47 Å². The van der Waals surface area contributed by atoms with Gasteiger partial charge in [0.05, 0.1) is 17.9 Å². The number of hydrogen-bond acceptors (Lipinski definition) is 6. The fraction of sp³-hybridized carbons (Fsp3) is 0.370. The third-order valence-corrected chi connectivity index (χ3v) is 6.43. The van der Waals surface area contributed by atoms with Crippen LogP contribution in [0.5, 0.6) is 5.75 Å². The summed E-state index contributed by atoms with van der Waals surface area (Å²) < 4.78 is 10.6. The van der Waals surface area contributed by atoms with Crippen molar-refractivity contribution in [1.29, 1.82) is 0 Å². The molecule has 2 heterocycles. The zero-order valence-corrected chi connectivity index (χ0v) is 20.2. The lowest BCUT2D eigenvalue weighted by Crippen LogP contribution is -2.52. The lowest BCUT2D eigenvalue weighted by Gasteiger charge is -2.34. The number of carbonyl (C=O) groups is 3. The first-order valence-corrected chi connectivity index (χ1v) is 11.9. The molecule has 8 heteroatoms. The first-order chi connectivity index (χ1) is 16.9. The molecule has 0 radical (unpaired) electrons. The van der Waals surface area contributed by atoms with Crippen LogP contribution in [0, 0.1) is 0 Å². The summed E-state index contributed by atoms with van der Waals surface area (Å²) in [6.07, 6.45) is 1.11. The lowest BCUT2D eigenvalue weighted by atomic mass is 9.82. The van der Waals surface area contributed by atoms with Crippen molar-refractivity contribution >= 4 is 29.0 Å². The van der Waals surface area contributed by atoms with Crippen molar-refractivity contribution in [3.05, 3.63) is 65.2 Å². The number of Topliss-reactive ketones (excluding diaryl/α,β-unsaturated/α-hetero) is 1. The average molecular weight is 479 g/mol. The van der Waals surface area contributed by atoms with Gasteiger partial charge >= 0.3 is 0 Å². The topological polar surface area (TPSA) is 96.4 Å². The first-order valence-electron chi connectivity index (χ1n) is 11.9. The molecule has 1 N–H and O–H groups in total. The summed E-state index contributed by atoms with van der Waals surface area (Å²) >= 11 is 0. The van der Waals surface area contributed by atoms with Crippen LogP contribution in [0.25, 0.3) is 5.76 Å². The molecule has 35 heavy (non-hydrogen) atoms. The molecule has 2 aromatic rings. The van der Waals surface area contributed by atoms with Crippen LogP contribution in [0.15, 0.2) is 54.1 Å². The summed E-state index contributed by atoms with van der Waals surface area (Å²) in [5.41, 5.74) is -0.476. The van der Waals surface area contributed by atoms with Crippen LogP contribution in [-0.2, 0) is 24.7 Å². The van der Waals surface area contributed by atoms with E-state index in [2.05, 4.69) is 0 Å². The van der Waals surface area contributed by atoms with Crippen LogP contribution in [0.3, 0.4) is 0 Å². The number of hydrogen-bond donors (Lipinski definition) is 1. The van der Waals surface area contributed by atoms with Gasteiger partial charge in [0, 0.05) is 37.9 Å².